The van der Waals surface area contributed by atoms with E-state index in [1.165, 1.54) is 0 Å². The summed E-state index contributed by atoms with van der Waals surface area (Å²) >= 11 is 0. The van der Waals surface area contributed by atoms with Gasteiger partial charge in [-0.2, -0.15) is 0 Å². The number of carbonyl (C=O) groups is 1. The van der Waals surface area contributed by atoms with Crippen LogP contribution in [-0.2, 0) is 4.79 Å². The summed E-state index contributed by atoms with van der Waals surface area (Å²) in [5, 5.41) is 1.78. The van der Waals surface area contributed by atoms with Gasteiger partial charge >= 0.3 is 51.4 Å². The van der Waals surface area contributed by atoms with Crippen LogP contribution in [0.4, 0.5) is 0 Å². The zero-order valence-corrected chi connectivity index (χ0v) is 10.4. The van der Waals surface area contributed by atoms with Gasteiger partial charge in [0, 0.05) is 20.0 Å². The van der Waals surface area contributed by atoms with Crippen molar-refractivity contribution >= 4 is 5.91 Å². The standard InChI is InChI=1S/C4H8N2O.BrH.K/c1-6-3-2-4(7)5-6;;/h2-3H2,1H3,(H,5,7);1H;/q;;+1/p-1. The van der Waals surface area contributed by atoms with E-state index in [2.05, 4.69) is 5.43 Å². The first-order valence-corrected chi connectivity index (χ1v) is 2.29. The van der Waals surface area contributed by atoms with Crippen molar-refractivity contribution in [1.82, 2.24) is 10.4 Å². The number of halogens is 1. The predicted molar refractivity (Wildman–Crippen MR) is 25.4 cm³/mol. The smallest absolute Gasteiger partial charge is 1.00 e. The SMILES string of the molecule is CN1CCC(=O)N1.[Br-].[K+]. The van der Waals surface area contributed by atoms with Crippen molar-refractivity contribution in [2.24, 2.45) is 0 Å². The Morgan fingerprint density at radius 3 is 2.33 bits per heavy atom. The van der Waals surface area contributed by atoms with Crippen molar-refractivity contribution in [2.75, 3.05) is 13.6 Å². The molecule has 0 aromatic rings. The van der Waals surface area contributed by atoms with E-state index in [1.54, 1.807) is 5.01 Å². The quantitative estimate of drug-likeness (QED) is 0.411. The molecule has 3 nitrogen and oxygen atoms in total. The molecule has 0 radical (unpaired) electrons. The molecule has 0 aliphatic carbocycles. The number of nitrogens with zero attached hydrogens (tertiary/aromatic N) is 1. The van der Waals surface area contributed by atoms with Gasteiger partial charge in [0.1, 0.15) is 0 Å². The van der Waals surface area contributed by atoms with Gasteiger partial charge in [0.25, 0.3) is 0 Å². The zero-order valence-electron chi connectivity index (χ0n) is 5.65. The molecule has 5 heteroatoms. The van der Waals surface area contributed by atoms with E-state index in [1.807, 2.05) is 7.05 Å². The Labute approximate surface area is 108 Å². The van der Waals surface area contributed by atoms with E-state index < -0.39 is 0 Å². The van der Waals surface area contributed by atoms with Crippen LogP contribution < -0.4 is 73.8 Å². The van der Waals surface area contributed by atoms with Crippen molar-refractivity contribution in [1.29, 1.82) is 0 Å². The summed E-state index contributed by atoms with van der Waals surface area (Å²) in [6, 6.07) is 0. The van der Waals surface area contributed by atoms with E-state index in [0.717, 1.165) is 6.54 Å². The average Bonchev–Trinajstić information content (AvgIpc) is 1.87. The summed E-state index contributed by atoms with van der Waals surface area (Å²) in [7, 11) is 1.85. The minimum absolute atomic E-state index is 0. The molecule has 1 rings (SSSR count). The molecule has 0 spiro atoms. The van der Waals surface area contributed by atoms with Gasteiger partial charge in [-0.1, -0.05) is 0 Å². The Bertz CT molecular complexity index is 101. The number of rotatable bonds is 0. The molecule has 1 N–H and O–H groups in total. The fourth-order valence-corrected chi connectivity index (χ4v) is 0.594. The third-order valence-electron chi connectivity index (χ3n) is 0.990. The molecule has 1 saturated heterocycles. The van der Waals surface area contributed by atoms with Gasteiger partial charge in [0.05, 0.1) is 0 Å². The van der Waals surface area contributed by atoms with Crippen LogP contribution in [0, 0.1) is 0 Å². The minimum Gasteiger partial charge on any atom is -1.00 e. The number of hydrogen-bond donors (Lipinski definition) is 1. The number of hydrogen-bond acceptors (Lipinski definition) is 2. The molecule has 0 bridgehead atoms. The summed E-state index contributed by atoms with van der Waals surface area (Å²) in [6.07, 6.45) is 0.649. The maximum absolute atomic E-state index is 10.3. The molecule has 0 atom stereocenters. The molecule has 1 amide bonds. The van der Waals surface area contributed by atoms with Crippen molar-refractivity contribution in [3.05, 3.63) is 0 Å². The average molecular weight is 219 g/mol. The first kappa shape index (κ1) is 13.2. The van der Waals surface area contributed by atoms with Gasteiger partial charge in [0.15, 0.2) is 0 Å². The second-order valence-corrected chi connectivity index (χ2v) is 1.71. The van der Waals surface area contributed by atoms with E-state index in [9.17, 15) is 4.79 Å². The summed E-state index contributed by atoms with van der Waals surface area (Å²) in [6.45, 7) is 0.846. The molecular formula is C4H8BrKN2O. The number of nitrogens with one attached hydrogen (secondary N) is 1. The molecule has 1 aliphatic heterocycles. The summed E-state index contributed by atoms with van der Waals surface area (Å²) in [4.78, 5) is 10.3. The second-order valence-electron chi connectivity index (χ2n) is 1.71. The third-order valence-corrected chi connectivity index (χ3v) is 0.990. The molecule has 0 aromatic heterocycles. The van der Waals surface area contributed by atoms with Crippen molar-refractivity contribution < 1.29 is 73.2 Å². The Hall–Kier alpha value is 1.55. The van der Waals surface area contributed by atoms with Crippen LogP contribution in [0.1, 0.15) is 6.42 Å². The molecule has 1 fully saturated rings. The molecule has 1 aliphatic rings. The second kappa shape index (κ2) is 6.27. The molecular weight excluding hydrogens is 211 g/mol. The molecule has 0 unspecified atom stereocenters. The summed E-state index contributed by atoms with van der Waals surface area (Å²) in [5.74, 6) is 0.127. The van der Waals surface area contributed by atoms with Crippen LogP contribution in [0.15, 0.2) is 0 Å². The van der Waals surface area contributed by atoms with Gasteiger partial charge in [-0.3, -0.25) is 10.2 Å². The third kappa shape index (κ3) is 4.89. The first-order chi connectivity index (χ1) is 3.29. The van der Waals surface area contributed by atoms with Gasteiger partial charge < -0.3 is 17.0 Å². The monoisotopic (exact) mass is 218 g/mol. The van der Waals surface area contributed by atoms with Crippen LogP contribution in [0.5, 0.6) is 0 Å². The fourth-order valence-electron chi connectivity index (χ4n) is 0.594. The molecule has 1 heterocycles. The molecule has 9 heavy (non-hydrogen) atoms. The zero-order chi connectivity index (χ0) is 5.28. The van der Waals surface area contributed by atoms with E-state index in [-0.39, 0.29) is 74.3 Å². The number of hydrazine groups is 1. The van der Waals surface area contributed by atoms with Gasteiger partial charge in [0.2, 0.25) is 5.91 Å². The van der Waals surface area contributed by atoms with Crippen LogP contribution in [-0.4, -0.2) is 24.5 Å². The largest absolute Gasteiger partial charge is 1.00 e. The first-order valence-electron chi connectivity index (χ1n) is 2.29. The van der Waals surface area contributed by atoms with Crippen molar-refractivity contribution in [3.8, 4) is 0 Å². The van der Waals surface area contributed by atoms with Crippen molar-refractivity contribution in [2.45, 2.75) is 6.42 Å². The fraction of sp³-hybridized carbons (Fsp3) is 0.750. The number of amides is 1. The van der Waals surface area contributed by atoms with Crippen LogP contribution in [0.25, 0.3) is 0 Å². The Balaban J connectivity index is 0. The maximum atomic E-state index is 10.3. The normalized spacial score (nSPS) is 17.7. The Kier molecular flexibility index (Phi) is 9.17. The molecule has 48 valence electrons. The molecule has 0 saturated carbocycles. The van der Waals surface area contributed by atoms with Crippen LogP contribution in [0.3, 0.4) is 0 Å². The Morgan fingerprint density at radius 1 is 1.67 bits per heavy atom. The van der Waals surface area contributed by atoms with Crippen LogP contribution in [0.2, 0.25) is 0 Å². The number of carbonyl (C=O) groups excluding carboxylic acids is 1. The van der Waals surface area contributed by atoms with E-state index in [4.69, 9.17) is 0 Å². The van der Waals surface area contributed by atoms with Gasteiger partial charge in [-0.25, -0.2) is 5.01 Å². The van der Waals surface area contributed by atoms with Gasteiger partial charge in [-0.05, 0) is 0 Å². The van der Waals surface area contributed by atoms with E-state index >= 15 is 0 Å². The van der Waals surface area contributed by atoms with E-state index in [0.29, 0.717) is 6.42 Å². The minimum atomic E-state index is 0. The van der Waals surface area contributed by atoms with Gasteiger partial charge in [-0.15, -0.1) is 0 Å². The predicted octanol–water partition coefficient (Wildman–Crippen LogP) is -6.64. The summed E-state index contributed by atoms with van der Waals surface area (Å²) in [5.41, 5.74) is 2.61. The molecule has 0 aromatic carbocycles. The maximum Gasteiger partial charge on any atom is 1.00 e. The summed E-state index contributed by atoms with van der Waals surface area (Å²) < 4.78 is 0. The topological polar surface area (TPSA) is 32.3 Å². The van der Waals surface area contributed by atoms with Crippen LogP contribution >= 0.6 is 0 Å². The Morgan fingerprint density at radius 2 is 2.22 bits per heavy atom. The van der Waals surface area contributed by atoms with Crippen molar-refractivity contribution in [3.63, 3.8) is 0 Å².